The minimum Gasteiger partial charge on any atom is -0.396 e. The Balaban J connectivity index is 2.62. The fourth-order valence-corrected chi connectivity index (χ4v) is 1.76. The normalized spacial score (nSPS) is 13.9. The Hall–Kier alpha value is -1.44. The van der Waals surface area contributed by atoms with Crippen molar-refractivity contribution in [2.75, 3.05) is 13.2 Å². The molecule has 18 heavy (non-hydrogen) atoms. The van der Waals surface area contributed by atoms with Crippen molar-refractivity contribution in [3.63, 3.8) is 0 Å². The molecule has 0 spiro atoms. The minimum absolute atomic E-state index is 0.112. The van der Waals surface area contributed by atoms with E-state index in [2.05, 4.69) is 5.32 Å². The summed E-state index contributed by atoms with van der Waals surface area (Å²) in [6.07, 6.45) is 0.732. The summed E-state index contributed by atoms with van der Waals surface area (Å²) in [5, 5.41) is 20.7. The van der Waals surface area contributed by atoms with Gasteiger partial charge in [0.2, 0.25) is 0 Å². The SMILES string of the molecule is CC(CCO)CNC(C)c1ccc(C#N)cc1F. The molecule has 1 aromatic rings. The van der Waals surface area contributed by atoms with Crippen LogP contribution in [0.1, 0.15) is 37.4 Å². The Morgan fingerprint density at radius 3 is 2.72 bits per heavy atom. The molecule has 2 N–H and O–H groups in total. The van der Waals surface area contributed by atoms with Gasteiger partial charge in [0.25, 0.3) is 0 Å². The molecule has 0 bridgehead atoms. The van der Waals surface area contributed by atoms with Gasteiger partial charge in [0.05, 0.1) is 11.6 Å². The molecule has 0 aliphatic rings. The second kappa shape index (κ2) is 7.10. The summed E-state index contributed by atoms with van der Waals surface area (Å²) >= 11 is 0. The first-order valence-electron chi connectivity index (χ1n) is 6.12. The highest BCUT2D eigenvalue weighted by Gasteiger charge is 2.12. The molecule has 4 heteroatoms. The lowest BCUT2D eigenvalue weighted by Crippen LogP contribution is -2.25. The van der Waals surface area contributed by atoms with Crippen LogP contribution in [0.15, 0.2) is 18.2 Å². The topological polar surface area (TPSA) is 56.0 Å². The van der Waals surface area contributed by atoms with Crippen LogP contribution in [-0.4, -0.2) is 18.3 Å². The molecule has 1 rings (SSSR count). The molecule has 2 atom stereocenters. The van der Waals surface area contributed by atoms with E-state index in [1.165, 1.54) is 6.07 Å². The summed E-state index contributed by atoms with van der Waals surface area (Å²) in [6.45, 7) is 4.81. The molecule has 3 nitrogen and oxygen atoms in total. The maximum absolute atomic E-state index is 13.7. The number of aliphatic hydroxyl groups excluding tert-OH is 1. The summed E-state index contributed by atoms with van der Waals surface area (Å²) in [5.41, 5.74) is 0.891. The average Bonchev–Trinajstić information content (AvgIpc) is 2.36. The minimum atomic E-state index is -0.358. The van der Waals surface area contributed by atoms with E-state index >= 15 is 0 Å². The average molecular weight is 250 g/mol. The van der Waals surface area contributed by atoms with E-state index in [9.17, 15) is 4.39 Å². The molecule has 0 radical (unpaired) electrons. The van der Waals surface area contributed by atoms with Crippen molar-refractivity contribution in [3.05, 3.63) is 35.1 Å². The van der Waals surface area contributed by atoms with Gasteiger partial charge < -0.3 is 10.4 Å². The van der Waals surface area contributed by atoms with Crippen molar-refractivity contribution >= 4 is 0 Å². The van der Waals surface area contributed by atoms with Crippen molar-refractivity contribution in [3.8, 4) is 6.07 Å². The van der Waals surface area contributed by atoms with Gasteiger partial charge in [-0.25, -0.2) is 4.39 Å². The molecular weight excluding hydrogens is 231 g/mol. The summed E-state index contributed by atoms with van der Waals surface area (Å²) in [6, 6.07) is 6.32. The third-order valence-corrected chi connectivity index (χ3v) is 2.99. The lowest BCUT2D eigenvalue weighted by molar-refractivity contribution is 0.258. The van der Waals surface area contributed by atoms with Gasteiger partial charge in [-0.2, -0.15) is 5.26 Å². The first-order valence-corrected chi connectivity index (χ1v) is 6.12. The van der Waals surface area contributed by atoms with Gasteiger partial charge in [0.1, 0.15) is 5.82 Å². The predicted octanol–water partition coefficient (Wildman–Crippen LogP) is 2.37. The largest absolute Gasteiger partial charge is 0.396 e. The molecule has 0 amide bonds. The molecular formula is C14H19FN2O. The van der Waals surface area contributed by atoms with Gasteiger partial charge in [-0.15, -0.1) is 0 Å². The van der Waals surface area contributed by atoms with Crippen molar-refractivity contribution in [2.45, 2.75) is 26.3 Å². The van der Waals surface area contributed by atoms with E-state index in [-0.39, 0.29) is 18.5 Å². The molecule has 1 aromatic carbocycles. The zero-order chi connectivity index (χ0) is 13.5. The van der Waals surface area contributed by atoms with Crippen LogP contribution in [0.5, 0.6) is 0 Å². The standard InChI is InChI=1S/C14H19FN2O/c1-10(5-6-18)9-17-11(2)13-4-3-12(8-16)7-14(13)15/h3-4,7,10-11,17-18H,5-6,9H2,1-2H3. The molecule has 2 unspecified atom stereocenters. The van der Waals surface area contributed by atoms with Crippen LogP contribution >= 0.6 is 0 Å². The van der Waals surface area contributed by atoms with Crippen molar-refractivity contribution in [1.82, 2.24) is 5.32 Å². The smallest absolute Gasteiger partial charge is 0.129 e. The van der Waals surface area contributed by atoms with Crippen LogP contribution in [0.25, 0.3) is 0 Å². The fourth-order valence-electron chi connectivity index (χ4n) is 1.76. The van der Waals surface area contributed by atoms with Crippen LogP contribution in [0, 0.1) is 23.1 Å². The Morgan fingerprint density at radius 1 is 1.44 bits per heavy atom. The maximum atomic E-state index is 13.7. The maximum Gasteiger partial charge on any atom is 0.129 e. The number of rotatable bonds is 6. The summed E-state index contributed by atoms with van der Waals surface area (Å²) in [7, 11) is 0. The molecule has 0 aliphatic carbocycles. The predicted molar refractivity (Wildman–Crippen MR) is 68.4 cm³/mol. The number of nitrogens with one attached hydrogen (secondary N) is 1. The van der Waals surface area contributed by atoms with Crippen molar-refractivity contribution in [1.29, 1.82) is 5.26 Å². The highest BCUT2D eigenvalue weighted by molar-refractivity contribution is 5.34. The van der Waals surface area contributed by atoms with Crippen LogP contribution < -0.4 is 5.32 Å². The molecule has 0 heterocycles. The van der Waals surface area contributed by atoms with Crippen LogP contribution in [0.3, 0.4) is 0 Å². The van der Waals surface area contributed by atoms with Crippen molar-refractivity contribution in [2.24, 2.45) is 5.92 Å². The Kier molecular flexibility index (Phi) is 5.76. The number of nitriles is 1. The first kappa shape index (κ1) is 14.6. The Bertz CT molecular complexity index is 428. The molecule has 0 aliphatic heterocycles. The molecule has 0 fully saturated rings. The highest BCUT2D eigenvalue weighted by Crippen LogP contribution is 2.18. The van der Waals surface area contributed by atoms with E-state index in [1.807, 2.05) is 19.9 Å². The summed E-state index contributed by atoms with van der Waals surface area (Å²) < 4.78 is 13.7. The number of benzene rings is 1. The van der Waals surface area contributed by atoms with Gasteiger partial charge in [0, 0.05) is 18.2 Å². The highest BCUT2D eigenvalue weighted by atomic mass is 19.1. The first-order chi connectivity index (χ1) is 8.58. The quantitative estimate of drug-likeness (QED) is 0.815. The Morgan fingerprint density at radius 2 is 2.17 bits per heavy atom. The van der Waals surface area contributed by atoms with E-state index in [0.29, 0.717) is 17.0 Å². The van der Waals surface area contributed by atoms with Gasteiger partial charge in [-0.05, 0) is 37.9 Å². The van der Waals surface area contributed by atoms with Gasteiger partial charge in [-0.1, -0.05) is 13.0 Å². The van der Waals surface area contributed by atoms with Gasteiger partial charge in [-0.3, -0.25) is 0 Å². The molecule has 0 saturated carbocycles. The van der Waals surface area contributed by atoms with E-state index in [1.54, 1.807) is 12.1 Å². The zero-order valence-electron chi connectivity index (χ0n) is 10.8. The second-order valence-corrected chi connectivity index (χ2v) is 4.60. The molecule has 98 valence electrons. The van der Waals surface area contributed by atoms with E-state index in [0.717, 1.165) is 13.0 Å². The van der Waals surface area contributed by atoms with E-state index < -0.39 is 0 Å². The lowest BCUT2D eigenvalue weighted by atomic mass is 10.0. The number of halogens is 1. The third kappa shape index (κ3) is 4.10. The summed E-state index contributed by atoms with van der Waals surface area (Å²) in [4.78, 5) is 0. The lowest BCUT2D eigenvalue weighted by Gasteiger charge is -2.18. The number of hydrogen-bond donors (Lipinski definition) is 2. The molecule has 0 saturated heterocycles. The second-order valence-electron chi connectivity index (χ2n) is 4.60. The van der Waals surface area contributed by atoms with Gasteiger partial charge in [0.15, 0.2) is 0 Å². The fraction of sp³-hybridized carbons (Fsp3) is 0.500. The Labute approximate surface area is 107 Å². The van der Waals surface area contributed by atoms with Crippen molar-refractivity contribution < 1.29 is 9.50 Å². The zero-order valence-corrected chi connectivity index (χ0v) is 10.8. The van der Waals surface area contributed by atoms with Gasteiger partial charge >= 0.3 is 0 Å². The third-order valence-electron chi connectivity index (χ3n) is 2.99. The monoisotopic (exact) mass is 250 g/mol. The number of nitrogens with zero attached hydrogens (tertiary/aromatic N) is 1. The molecule has 0 aromatic heterocycles. The number of aliphatic hydroxyl groups is 1. The van der Waals surface area contributed by atoms with E-state index in [4.69, 9.17) is 10.4 Å². The van der Waals surface area contributed by atoms with Crippen LogP contribution in [0.2, 0.25) is 0 Å². The van der Waals surface area contributed by atoms with Crippen LogP contribution in [0.4, 0.5) is 4.39 Å². The number of hydrogen-bond acceptors (Lipinski definition) is 3. The summed E-state index contributed by atoms with van der Waals surface area (Å²) in [5.74, 6) is -0.0113. The van der Waals surface area contributed by atoms with Crippen LogP contribution in [-0.2, 0) is 0 Å².